The molecule has 1 aliphatic rings. The molecule has 6 nitrogen and oxygen atoms in total. The molecular weight excluding hydrogens is 484 g/mol. The van der Waals surface area contributed by atoms with Crippen molar-refractivity contribution in [2.75, 3.05) is 0 Å². The number of allylic oxidation sites excluding steroid dienone is 1. The summed E-state index contributed by atoms with van der Waals surface area (Å²) >= 11 is 1.68. The number of hydrogen-bond acceptors (Lipinski definition) is 6. The van der Waals surface area contributed by atoms with Crippen molar-refractivity contribution in [2.24, 2.45) is 11.3 Å². The summed E-state index contributed by atoms with van der Waals surface area (Å²) in [5.74, 6) is -0.0753. The number of carbonyl (C=O) groups excluding carboxylic acids is 1. The molecule has 1 atom stereocenters. The Morgan fingerprint density at radius 1 is 1.11 bits per heavy atom. The van der Waals surface area contributed by atoms with Crippen LogP contribution in [0.5, 0.6) is 0 Å². The maximum Gasteiger partial charge on any atom is 0.339 e. The molecule has 0 fully saturated rings. The highest BCUT2D eigenvalue weighted by molar-refractivity contribution is 7.10. The minimum Gasteiger partial charge on any atom is -0.457 e. The Hall–Kier alpha value is -3.84. The van der Waals surface area contributed by atoms with E-state index < -0.39 is 10.9 Å². The highest BCUT2D eigenvalue weighted by Crippen LogP contribution is 2.45. The number of aromatic nitrogens is 1. The zero-order chi connectivity index (χ0) is 26.2. The molecule has 0 saturated heterocycles. The molecule has 188 valence electrons. The van der Waals surface area contributed by atoms with E-state index in [1.165, 1.54) is 12.1 Å². The lowest BCUT2D eigenvalue weighted by atomic mass is 9.69. The van der Waals surface area contributed by atoms with Crippen molar-refractivity contribution >= 4 is 45.5 Å². The van der Waals surface area contributed by atoms with E-state index in [2.05, 4.69) is 38.3 Å². The summed E-state index contributed by atoms with van der Waals surface area (Å²) in [4.78, 5) is 30.4. The number of para-hydroxylation sites is 1. The fourth-order valence-electron chi connectivity index (χ4n) is 4.85. The number of esters is 1. The zero-order valence-electron chi connectivity index (χ0n) is 21.1. The molecule has 4 aromatic rings. The summed E-state index contributed by atoms with van der Waals surface area (Å²) in [5, 5.41) is 13.8. The van der Waals surface area contributed by atoms with Gasteiger partial charge in [0.05, 0.1) is 21.7 Å². The first-order valence-corrected chi connectivity index (χ1v) is 13.1. The van der Waals surface area contributed by atoms with Gasteiger partial charge in [-0.15, -0.1) is 11.3 Å². The summed E-state index contributed by atoms with van der Waals surface area (Å²) in [6.45, 7) is 6.76. The van der Waals surface area contributed by atoms with Gasteiger partial charge in [-0.1, -0.05) is 45.0 Å². The lowest BCUT2D eigenvalue weighted by Crippen LogP contribution is -2.28. The number of nitrogens with zero attached hydrogens (tertiary/aromatic N) is 2. The van der Waals surface area contributed by atoms with Gasteiger partial charge in [0.2, 0.25) is 0 Å². The third kappa shape index (κ3) is 5.18. The van der Waals surface area contributed by atoms with Crippen LogP contribution < -0.4 is 0 Å². The maximum atomic E-state index is 13.7. The first kappa shape index (κ1) is 24.8. The Morgan fingerprint density at radius 3 is 2.54 bits per heavy atom. The molecule has 2 aromatic carbocycles. The van der Waals surface area contributed by atoms with Gasteiger partial charge in [0.15, 0.2) is 0 Å². The number of rotatable bonds is 5. The quantitative estimate of drug-likeness (QED) is 0.155. The van der Waals surface area contributed by atoms with Crippen LogP contribution in [0.2, 0.25) is 0 Å². The molecular formula is C30H28N2O4S. The monoisotopic (exact) mass is 512 g/mol. The van der Waals surface area contributed by atoms with Crippen molar-refractivity contribution in [1.29, 1.82) is 0 Å². The van der Waals surface area contributed by atoms with E-state index in [0.717, 1.165) is 45.5 Å². The number of ether oxygens (including phenoxy) is 1. The summed E-state index contributed by atoms with van der Waals surface area (Å²) in [7, 11) is 0. The lowest BCUT2D eigenvalue weighted by Gasteiger charge is -2.36. The number of carbonyl (C=O) groups is 1. The molecule has 0 N–H and O–H groups in total. The number of benzene rings is 2. The molecule has 0 saturated carbocycles. The van der Waals surface area contributed by atoms with Crippen molar-refractivity contribution < 1.29 is 14.5 Å². The van der Waals surface area contributed by atoms with Gasteiger partial charge in [-0.2, -0.15) is 0 Å². The minimum atomic E-state index is -0.446. The Morgan fingerprint density at radius 2 is 1.86 bits per heavy atom. The fourth-order valence-corrected chi connectivity index (χ4v) is 5.53. The third-order valence-electron chi connectivity index (χ3n) is 7.02. The van der Waals surface area contributed by atoms with Crippen LogP contribution in [0.15, 0.2) is 66.0 Å². The molecule has 0 radical (unpaired) electrons. The van der Waals surface area contributed by atoms with Gasteiger partial charge in [-0.05, 0) is 76.6 Å². The molecule has 1 aliphatic carbocycles. The topological polar surface area (TPSA) is 82.3 Å². The Bertz CT molecular complexity index is 1500. The number of nitro groups is 1. The highest BCUT2D eigenvalue weighted by Gasteiger charge is 2.35. The number of pyridine rings is 1. The lowest BCUT2D eigenvalue weighted by molar-refractivity contribution is -0.384. The molecule has 2 aromatic heterocycles. The van der Waals surface area contributed by atoms with Gasteiger partial charge in [-0.3, -0.25) is 10.1 Å². The summed E-state index contributed by atoms with van der Waals surface area (Å²) in [6.07, 6.45) is 3.83. The smallest absolute Gasteiger partial charge is 0.339 e. The molecule has 5 rings (SSSR count). The highest BCUT2D eigenvalue weighted by atomic mass is 32.1. The standard InChI is InChI=1S/C30H28N2O4S/c1-30(2,3)21-15-20(16-23-7-6-14-37-23)28-25(17-21)27(24-8-4-5-9-26(24)31-28)29(33)36-18-19-10-12-22(13-11-19)32(34)35/h4-14,16,21H,15,17-18H2,1-3H3/b20-16-/t21-/m1/s1. The molecule has 0 unspecified atom stereocenters. The van der Waals surface area contributed by atoms with Gasteiger partial charge in [0, 0.05) is 22.4 Å². The second kappa shape index (κ2) is 9.90. The molecule has 0 aliphatic heterocycles. The van der Waals surface area contributed by atoms with Gasteiger partial charge in [0.1, 0.15) is 6.61 Å². The second-order valence-electron chi connectivity index (χ2n) is 10.5. The number of fused-ring (bicyclic) bond motifs is 2. The molecule has 0 bridgehead atoms. The minimum absolute atomic E-state index is 0.00236. The fraction of sp³-hybridized carbons (Fsp3) is 0.267. The van der Waals surface area contributed by atoms with Crippen molar-refractivity contribution in [3.05, 3.63) is 103 Å². The predicted octanol–water partition coefficient (Wildman–Crippen LogP) is 7.71. The van der Waals surface area contributed by atoms with Crippen molar-refractivity contribution in [1.82, 2.24) is 4.98 Å². The van der Waals surface area contributed by atoms with Crippen LogP contribution >= 0.6 is 11.3 Å². The average molecular weight is 513 g/mol. The van der Waals surface area contributed by atoms with Crippen LogP contribution in [-0.4, -0.2) is 15.9 Å². The van der Waals surface area contributed by atoms with Crippen molar-refractivity contribution in [3.8, 4) is 0 Å². The van der Waals surface area contributed by atoms with Crippen LogP contribution in [-0.2, 0) is 17.8 Å². The van der Waals surface area contributed by atoms with Crippen LogP contribution in [0.25, 0.3) is 22.6 Å². The Balaban J connectivity index is 1.59. The van der Waals surface area contributed by atoms with E-state index in [1.807, 2.05) is 30.3 Å². The van der Waals surface area contributed by atoms with Gasteiger partial charge in [-0.25, -0.2) is 9.78 Å². The van der Waals surface area contributed by atoms with Crippen molar-refractivity contribution in [2.45, 2.75) is 40.2 Å². The van der Waals surface area contributed by atoms with Gasteiger partial charge < -0.3 is 4.74 Å². The maximum absolute atomic E-state index is 13.7. The van der Waals surface area contributed by atoms with Crippen LogP contribution in [0.1, 0.15) is 59.2 Å². The predicted molar refractivity (Wildman–Crippen MR) is 147 cm³/mol. The van der Waals surface area contributed by atoms with E-state index in [9.17, 15) is 14.9 Å². The van der Waals surface area contributed by atoms with Crippen LogP contribution in [0.4, 0.5) is 5.69 Å². The van der Waals surface area contributed by atoms with E-state index in [-0.39, 0.29) is 17.7 Å². The Labute approximate surface area is 219 Å². The number of thiophene rings is 1. The molecule has 37 heavy (non-hydrogen) atoms. The largest absolute Gasteiger partial charge is 0.457 e. The summed E-state index contributed by atoms with van der Waals surface area (Å²) < 4.78 is 5.80. The van der Waals surface area contributed by atoms with Gasteiger partial charge in [0.25, 0.3) is 5.69 Å². The van der Waals surface area contributed by atoms with E-state index in [1.54, 1.807) is 23.5 Å². The van der Waals surface area contributed by atoms with Crippen molar-refractivity contribution in [3.63, 3.8) is 0 Å². The van der Waals surface area contributed by atoms with Crippen LogP contribution in [0.3, 0.4) is 0 Å². The zero-order valence-corrected chi connectivity index (χ0v) is 21.9. The first-order chi connectivity index (χ1) is 17.7. The average Bonchev–Trinajstić information content (AvgIpc) is 3.38. The van der Waals surface area contributed by atoms with Crippen LogP contribution in [0, 0.1) is 21.4 Å². The second-order valence-corrected chi connectivity index (χ2v) is 11.5. The molecule has 0 spiro atoms. The van der Waals surface area contributed by atoms with E-state index in [0.29, 0.717) is 17.0 Å². The molecule has 2 heterocycles. The first-order valence-electron chi connectivity index (χ1n) is 12.3. The molecule has 7 heteroatoms. The summed E-state index contributed by atoms with van der Waals surface area (Å²) in [5.41, 5.74) is 5.00. The summed E-state index contributed by atoms with van der Waals surface area (Å²) in [6, 6.07) is 17.9. The number of non-ortho nitro benzene ring substituents is 1. The number of hydrogen-bond donors (Lipinski definition) is 0. The van der Waals surface area contributed by atoms with Gasteiger partial charge >= 0.3 is 5.97 Å². The third-order valence-corrected chi connectivity index (χ3v) is 7.84. The Kier molecular flexibility index (Phi) is 6.65. The van der Waals surface area contributed by atoms with E-state index in [4.69, 9.17) is 9.72 Å². The van der Waals surface area contributed by atoms with E-state index >= 15 is 0 Å². The number of nitro benzene ring substituents is 1. The molecule has 0 amide bonds. The normalized spacial score (nSPS) is 16.5. The SMILES string of the molecule is CC(C)(C)[C@@H]1C/C(=C/c2cccs2)c2nc3ccccc3c(C(=O)OCc3ccc([N+](=O)[O-])cc3)c2C1.